The van der Waals surface area contributed by atoms with Crippen molar-refractivity contribution in [2.24, 2.45) is 10.7 Å². The van der Waals surface area contributed by atoms with Gasteiger partial charge in [0.2, 0.25) is 5.91 Å². The number of hydrogen-bond acceptors (Lipinski definition) is 4. The first-order valence-electron chi connectivity index (χ1n) is 8.63. The maximum absolute atomic E-state index is 12.3. The van der Waals surface area contributed by atoms with Gasteiger partial charge in [-0.2, -0.15) is 0 Å². The van der Waals surface area contributed by atoms with Crippen molar-refractivity contribution in [3.8, 4) is 5.75 Å². The van der Waals surface area contributed by atoms with Gasteiger partial charge in [-0.3, -0.25) is 9.79 Å². The van der Waals surface area contributed by atoms with Gasteiger partial charge >= 0.3 is 0 Å². The molecular weight excluding hydrogens is 328 g/mol. The van der Waals surface area contributed by atoms with Crippen LogP contribution < -0.4 is 16.2 Å². The summed E-state index contributed by atoms with van der Waals surface area (Å²) in [6.07, 6.45) is 1.20. The number of rotatable bonds is 6. The highest BCUT2D eigenvalue weighted by Crippen LogP contribution is 2.23. The third kappa shape index (κ3) is 4.14. The van der Waals surface area contributed by atoms with E-state index in [1.54, 1.807) is 7.11 Å². The standard InChI is InChI=1S/C20H24N4O2/c1-26-17-8-4-15(5-9-17)13-24-18(10-11-19(24)25)20(22)23-12-14-2-6-16(21)7-3-14/h2-9,18H,10-13,21H2,1H3,(H2,22,23)/t18-/m0/s1. The number of benzene rings is 2. The van der Waals surface area contributed by atoms with Crippen LogP contribution in [0.3, 0.4) is 0 Å². The minimum atomic E-state index is -0.154. The van der Waals surface area contributed by atoms with E-state index in [0.29, 0.717) is 31.8 Å². The molecule has 26 heavy (non-hydrogen) atoms. The first-order valence-corrected chi connectivity index (χ1v) is 8.63. The molecule has 1 amide bonds. The van der Waals surface area contributed by atoms with Crippen LogP contribution in [0, 0.1) is 0 Å². The van der Waals surface area contributed by atoms with Crippen LogP contribution in [-0.4, -0.2) is 29.8 Å². The Morgan fingerprint density at radius 1 is 1.15 bits per heavy atom. The van der Waals surface area contributed by atoms with Crippen molar-refractivity contribution in [3.05, 3.63) is 59.7 Å². The van der Waals surface area contributed by atoms with E-state index in [1.807, 2.05) is 53.4 Å². The quantitative estimate of drug-likeness (QED) is 0.474. The third-order valence-electron chi connectivity index (χ3n) is 4.61. The molecule has 0 unspecified atom stereocenters. The van der Waals surface area contributed by atoms with Gasteiger partial charge in [-0.15, -0.1) is 0 Å². The maximum atomic E-state index is 12.3. The summed E-state index contributed by atoms with van der Waals surface area (Å²) in [7, 11) is 1.63. The number of carbonyl (C=O) groups excluding carboxylic acids is 1. The normalized spacial score (nSPS) is 17.6. The molecule has 1 atom stereocenters. The molecule has 0 aliphatic carbocycles. The second-order valence-electron chi connectivity index (χ2n) is 6.41. The second-order valence-corrected chi connectivity index (χ2v) is 6.41. The van der Waals surface area contributed by atoms with E-state index in [-0.39, 0.29) is 11.9 Å². The van der Waals surface area contributed by atoms with Gasteiger partial charge in [0.15, 0.2) is 0 Å². The van der Waals surface area contributed by atoms with Crippen molar-refractivity contribution < 1.29 is 9.53 Å². The Balaban J connectivity index is 1.69. The van der Waals surface area contributed by atoms with Crippen molar-refractivity contribution in [2.75, 3.05) is 12.8 Å². The fourth-order valence-electron chi connectivity index (χ4n) is 3.08. The topological polar surface area (TPSA) is 93.9 Å². The Labute approximate surface area is 153 Å². The van der Waals surface area contributed by atoms with Crippen LogP contribution in [0.15, 0.2) is 53.5 Å². The SMILES string of the molecule is COc1ccc(CN2C(=O)CC[C@H]2C(N)=NCc2ccc(N)cc2)cc1. The summed E-state index contributed by atoms with van der Waals surface area (Å²) in [6.45, 7) is 0.999. The molecule has 6 nitrogen and oxygen atoms in total. The van der Waals surface area contributed by atoms with Crippen LogP contribution in [0.2, 0.25) is 0 Å². The van der Waals surface area contributed by atoms with Gasteiger partial charge in [-0.05, 0) is 41.8 Å². The first kappa shape index (κ1) is 17.8. The monoisotopic (exact) mass is 352 g/mol. The van der Waals surface area contributed by atoms with Gasteiger partial charge in [0.1, 0.15) is 11.6 Å². The molecule has 1 aliphatic heterocycles. The van der Waals surface area contributed by atoms with Gasteiger partial charge < -0.3 is 21.1 Å². The van der Waals surface area contributed by atoms with Gasteiger partial charge in [-0.25, -0.2) is 0 Å². The fourth-order valence-corrected chi connectivity index (χ4v) is 3.08. The molecule has 0 aromatic heterocycles. The molecule has 1 fully saturated rings. The summed E-state index contributed by atoms with van der Waals surface area (Å²) in [4.78, 5) is 18.6. The number of nitrogens with zero attached hydrogens (tertiary/aromatic N) is 2. The molecule has 2 aromatic carbocycles. The third-order valence-corrected chi connectivity index (χ3v) is 4.61. The molecule has 1 heterocycles. The zero-order valence-electron chi connectivity index (χ0n) is 14.9. The molecule has 4 N–H and O–H groups in total. The zero-order chi connectivity index (χ0) is 18.5. The smallest absolute Gasteiger partial charge is 0.223 e. The van der Waals surface area contributed by atoms with E-state index in [2.05, 4.69) is 4.99 Å². The Morgan fingerprint density at radius 2 is 1.81 bits per heavy atom. The summed E-state index contributed by atoms with van der Waals surface area (Å²) >= 11 is 0. The Kier molecular flexibility index (Phi) is 5.41. The van der Waals surface area contributed by atoms with Crippen LogP contribution in [0.1, 0.15) is 24.0 Å². The lowest BCUT2D eigenvalue weighted by atomic mass is 10.1. The Morgan fingerprint density at radius 3 is 2.46 bits per heavy atom. The van der Waals surface area contributed by atoms with Crippen molar-refractivity contribution in [3.63, 3.8) is 0 Å². The minimum absolute atomic E-state index is 0.108. The minimum Gasteiger partial charge on any atom is -0.497 e. The van der Waals surface area contributed by atoms with E-state index in [4.69, 9.17) is 16.2 Å². The molecule has 0 radical (unpaired) electrons. The molecule has 1 saturated heterocycles. The Hall–Kier alpha value is -3.02. The summed E-state index contributed by atoms with van der Waals surface area (Å²) in [5, 5.41) is 0. The first-order chi connectivity index (χ1) is 12.6. The molecule has 2 aromatic rings. The number of nitrogen functional groups attached to an aromatic ring is 1. The van der Waals surface area contributed by atoms with Crippen LogP contribution in [0.5, 0.6) is 5.75 Å². The van der Waals surface area contributed by atoms with Crippen molar-refractivity contribution in [2.45, 2.75) is 32.0 Å². The maximum Gasteiger partial charge on any atom is 0.223 e. The van der Waals surface area contributed by atoms with Crippen molar-refractivity contribution in [1.29, 1.82) is 0 Å². The molecule has 0 bridgehead atoms. The molecular formula is C20H24N4O2. The summed E-state index contributed by atoms with van der Waals surface area (Å²) < 4.78 is 5.17. The van der Waals surface area contributed by atoms with Gasteiger partial charge in [0.25, 0.3) is 0 Å². The number of ether oxygens (including phenoxy) is 1. The number of methoxy groups -OCH3 is 1. The highest BCUT2D eigenvalue weighted by Gasteiger charge is 2.33. The number of amides is 1. The number of amidine groups is 1. The zero-order valence-corrected chi connectivity index (χ0v) is 14.9. The predicted octanol–water partition coefficient (Wildman–Crippen LogP) is 2.33. The number of carbonyl (C=O) groups is 1. The average molecular weight is 352 g/mol. The largest absolute Gasteiger partial charge is 0.497 e. The lowest BCUT2D eigenvalue weighted by Gasteiger charge is -2.24. The van der Waals surface area contributed by atoms with E-state index in [9.17, 15) is 4.79 Å². The number of aliphatic imine (C=N–C) groups is 1. The summed E-state index contributed by atoms with van der Waals surface area (Å²) in [5.74, 6) is 1.40. The number of likely N-dealkylation sites (tertiary alicyclic amines) is 1. The second kappa shape index (κ2) is 7.91. The predicted molar refractivity (Wildman–Crippen MR) is 103 cm³/mol. The highest BCUT2D eigenvalue weighted by atomic mass is 16.5. The summed E-state index contributed by atoms with van der Waals surface area (Å²) in [5.41, 5.74) is 14.7. The average Bonchev–Trinajstić information content (AvgIpc) is 3.02. The van der Waals surface area contributed by atoms with E-state index >= 15 is 0 Å². The molecule has 136 valence electrons. The molecule has 0 saturated carbocycles. The number of anilines is 1. The number of nitrogens with two attached hydrogens (primary N) is 2. The number of hydrogen-bond donors (Lipinski definition) is 2. The van der Waals surface area contributed by atoms with E-state index < -0.39 is 0 Å². The molecule has 1 aliphatic rings. The fraction of sp³-hybridized carbons (Fsp3) is 0.300. The molecule has 6 heteroatoms. The lowest BCUT2D eigenvalue weighted by molar-refractivity contribution is -0.128. The van der Waals surface area contributed by atoms with Gasteiger partial charge in [-0.1, -0.05) is 24.3 Å². The highest BCUT2D eigenvalue weighted by molar-refractivity contribution is 5.93. The van der Waals surface area contributed by atoms with Crippen LogP contribution >= 0.6 is 0 Å². The van der Waals surface area contributed by atoms with Gasteiger partial charge in [0.05, 0.1) is 19.7 Å². The van der Waals surface area contributed by atoms with Crippen molar-refractivity contribution >= 4 is 17.4 Å². The van der Waals surface area contributed by atoms with E-state index in [1.165, 1.54) is 0 Å². The van der Waals surface area contributed by atoms with Crippen molar-refractivity contribution in [1.82, 2.24) is 4.90 Å². The van der Waals surface area contributed by atoms with Crippen LogP contribution in [-0.2, 0) is 17.9 Å². The van der Waals surface area contributed by atoms with Crippen LogP contribution in [0.4, 0.5) is 5.69 Å². The molecule has 3 rings (SSSR count). The summed E-state index contributed by atoms with van der Waals surface area (Å²) in [6, 6.07) is 15.1. The lowest BCUT2D eigenvalue weighted by Crippen LogP contribution is -2.42. The molecule has 0 spiro atoms. The van der Waals surface area contributed by atoms with Crippen LogP contribution in [0.25, 0.3) is 0 Å². The van der Waals surface area contributed by atoms with E-state index in [0.717, 1.165) is 22.6 Å². The van der Waals surface area contributed by atoms with Gasteiger partial charge in [0, 0.05) is 18.7 Å². The Bertz CT molecular complexity index is 784.